The van der Waals surface area contributed by atoms with Crippen molar-refractivity contribution in [3.63, 3.8) is 0 Å². The van der Waals surface area contributed by atoms with Crippen molar-refractivity contribution in [2.75, 3.05) is 20.3 Å². The molecule has 2 aromatic carbocycles. The van der Waals surface area contributed by atoms with Crippen LogP contribution in [0, 0.1) is 5.82 Å². The summed E-state index contributed by atoms with van der Waals surface area (Å²) in [6, 6.07) is 15.6. The number of hydrogen-bond acceptors (Lipinski definition) is 5. The van der Waals surface area contributed by atoms with E-state index in [1.807, 2.05) is 24.3 Å². The Balaban J connectivity index is 1.46. The fourth-order valence-electron chi connectivity index (χ4n) is 3.77. The van der Waals surface area contributed by atoms with E-state index in [9.17, 15) is 9.18 Å². The predicted molar refractivity (Wildman–Crippen MR) is 127 cm³/mol. The lowest BCUT2D eigenvalue weighted by Gasteiger charge is -2.24. The van der Waals surface area contributed by atoms with Gasteiger partial charge >= 0.3 is 0 Å². The number of halogens is 1. The SMILES string of the molecule is COc1cccc(CN(CC2CCCO2)C(=O)/C=C/c2ccc(Oc3cccnc3)c(F)c2)c1. The average molecular weight is 463 g/mol. The van der Waals surface area contributed by atoms with E-state index in [2.05, 4.69) is 4.98 Å². The summed E-state index contributed by atoms with van der Waals surface area (Å²) in [5, 5.41) is 0. The van der Waals surface area contributed by atoms with Crippen LogP contribution < -0.4 is 9.47 Å². The zero-order valence-electron chi connectivity index (χ0n) is 19.0. The van der Waals surface area contributed by atoms with E-state index >= 15 is 0 Å². The first-order valence-corrected chi connectivity index (χ1v) is 11.2. The van der Waals surface area contributed by atoms with E-state index in [-0.39, 0.29) is 17.8 Å². The Kier molecular flexibility index (Phi) is 7.88. The smallest absolute Gasteiger partial charge is 0.246 e. The highest BCUT2D eigenvalue weighted by atomic mass is 19.1. The van der Waals surface area contributed by atoms with Crippen LogP contribution in [0.2, 0.25) is 0 Å². The summed E-state index contributed by atoms with van der Waals surface area (Å²) >= 11 is 0. The van der Waals surface area contributed by atoms with Crippen LogP contribution in [0.5, 0.6) is 17.2 Å². The Bertz CT molecular complexity index is 1130. The summed E-state index contributed by atoms with van der Waals surface area (Å²) in [6.07, 6.45) is 8.13. The van der Waals surface area contributed by atoms with Crippen molar-refractivity contribution in [2.45, 2.75) is 25.5 Å². The van der Waals surface area contributed by atoms with Gasteiger partial charge in [-0.3, -0.25) is 9.78 Å². The standard InChI is InChI=1S/C27H27FN2O4/c1-32-22-6-2-5-21(15-22)18-30(19-24-8-4-14-33-24)27(31)12-10-20-9-11-26(25(28)16-20)34-23-7-3-13-29-17-23/h2-3,5-7,9-13,15-17,24H,4,8,14,18-19H2,1H3/b12-10+. The molecular formula is C27H27FN2O4. The number of benzene rings is 2. The van der Waals surface area contributed by atoms with E-state index in [0.29, 0.717) is 31.0 Å². The molecule has 1 saturated heterocycles. The van der Waals surface area contributed by atoms with Crippen LogP contribution in [0.15, 0.2) is 73.1 Å². The summed E-state index contributed by atoms with van der Waals surface area (Å²) in [4.78, 5) is 18.8. The molecule has 176 valence electrons. The largest absolute Gasteiger partial charge is 0.497 e. The van der Waals surface area contributed by atoms with Gasteiger partial charge in [0, 0.05) is 32.0 Å². The Hall–Kier alpha value is -3.71. The van der Waals surface area contributed by atoms with Gasteiger partial charge in [0.05, 0.1) is 19.4 Å². The molecule has 0 saturated carbocycles. The summed E-state index contributed by atoms with van der Waals surface area (Å²) < 4.78 is 31.1. The topological polar surface area (TPSA) is 60.9 Å². The molecule has 1 fully saturated rings. The van der Waals surface area contributed by atoms with Crippen molar-refractivity contribution in [1.82, 2.24) is 9.88 Å². The second-order valence-corrected chi connectivity index (χ2v) is 8.02. The molecule has 0 radical (unpaired) electrons. The number of amides is 1. The number of methoxy groups -OCH3 is 1. The van der Waals surface area contributed by atoms with Crippen molar-refractivity contribution in [2.24, 2.45) is 0 Å². The van der Waals surface area contributed by atoms with E-state index in [4.69, 9.17) is 14.2 Å². The van der Waals surface area contributed by atoms with Crippen molar-refractivity contribution in [1.29, 1.82) is 0 Å². The van der Waals surface area contributed by atoms with Crippen molar-refractivity contribution in [3.05, 3.63) is 90.0 Å². The number of carbonyl (C=O) groups is 1. The maximum atomic E-state index is 14.5. The molecule has 0 spiro atoms. The first-order chi connectivity index (χ1) is 16.6. The maximum absolute atomic E-state index is 14.5. The van der Waals surface area contributed by atoms with Crippen LogP contribution in [-0.2, 0) is 16.1 Å². The lowest BCUT2D eigenvalue weighted by molar-refractivity contribution is -0.128. The summed E-state index contributed by atoms with van der Waals surface area (Å²) in [5.41, 5.74) is 1.52. The summed E-state index contributed by atoms with van der Waals surface area (Å²) in [7, 11) is 1.61. The molecule has 1 atom stereocenters. The minimum Gasteiger partial charge on any atom is -0.497 e. The Morgan fingerprint density at radius 1 is 1.21 bits per heavy atom. The van der Waals surface area contributed by atoms with Crippen molar-refractivity contribution >= 4 is 12.0 Å². The van der Waals surface area contributed by atoms with Crippen LogP contribution in [0.4, 0.5) is 4.39 Å². The highest BCUT2D eigenvalue weighted by molar-refractivity contribution is 5.91. The van der Waals surface area contributed by atoms with Gasteiger partial charge < -0.3 is 19.1 Å². The lowest BCUT2D eigenvalue weighted by atomic mass is 10.1. The van der Waals surface area contributed by atoms with Crippen LogP contribution in [0.1, 0.15) is 24.0 Å². The van der Waals surface area contributed by atoms with E-state index < -0.39 is 5.82 Å². The van der Waals surface area contributed by atoms with E-state index in [1.165, 1.54) is 24.4 Å². The first kappa shape index (κ1) is 23.4. The normalized spacial score (nSPS) is 15.4. The maximum Gasteiger partial charge on any atom is 0.246 e. The minimum atomic E-state index is -0.522. The molecule has 1 aliphatic rings. The van der Waals surface area contributed by atoms with Crippen LogP contribution in [0.25, 0.3) is 6.08 Å². The zero-order valence-corrected chi connectivity index (χ0v) is 19.0. The quantitative estimate of drug-likeness (QED) is 0.407. The van der Waals surface area contributed by atoms with Gasteiger partial charge in [0.1, 0.15) is 11.5 Å². The van der Waals surface area contributed by atoms with Crippen LogP contribution >= 0.6 is 0 Å². The molecule has 6 nitrogen and oxygen atoms in total. The number of nitrogens with zero attached hydrogens (tertiary/aromatic N) is 2. The summed E-state index contributed by atoms with van der Waals surface area (Å²) in [6.45, 7) is 1.63. The zero-order chi connectivity index (χ0) is 23.8. The molecule has 1 aliphatic heterocycles. The number of pyridine rings is 1. The fraction of sp³-hybridized carbons (Fsp3) is 0.259. The van der Waals surface area contributed by atoms with E-state index in [1.54, 1.807) is 42.5 Å². The lowest BCUT2D eigenvalue weighted by Crippen LogP contribution is -2.35. The molecule has 4 rings (SSSR count). The van der Waals surface area contributed by atoms with Gasteiger partial charge in [0.2, 0.25) is 5.91 Å². The third kappa shape index (κ3) is 6.42. The number of aromatic nitrogens is 1. The molecule has 3 aromatic rings. The van der Waals surface area contributed by atoms with E-state index in [0.717, 1.165) is 24.2 Å². The molecule has 0 bridgehead atoms. The average Bonchev–Trinajstić information content (AvgIpc) is 3.37. The van der Waals surface area contributed by atoms with Gasteiger partial charge in [-0.2, -0.15) is 0 Å². The second-order valence-electron chi connectivity index (χ2n) is 8.02. The van der Waals surface area contributed by atoms with Gasteiger partial charge in [-0.05, 0) is 66.4 Å². The van der Waals surface area contributed by atoms with Gasteiger partial charge in [-0.1, -0.05) is 18.2 Å². The molecule has 34 heavy (non-hydrogen) atoms. The molecule has 7 heteroatoms. The molecule has 1 aromatic heterocycles. The van der Waals surface area contributed by atoms with Crippen LogP contribution in [-0.4, -0.2) is 42.2 Å². The Morgan fingerprint density at radius 2 is 2.09 bits per heavy atom. The third-order valence-corrected chi connectivity index (χ3v) is 5.50. The molecule has 2 heterocycles. The number of hydrogen-bond donors (Lipinski definition) is 0. The Labute approximate surface area is 198 Å². The van der Waals surface area contributed by atoms with Gasteiger partial charge in [-0.25, -0.2) is 4.39 Å². The number of ether oxygens (including phenoxy) is 3. The second kappa shape index (κ2) is 11.4. The Morgan fingerprint density at radius 3 is 2.82 bits per heavy atom. The highest BCUT2D eigenvalue weighted by Gasteiger charge is 2.22. The highest BCUT2D eigenvalue weighted by Crippen LogP contribution is 2.25. The number of rotatable bonds is 9. The molecule has 1 amide bonds. The van der Waals surface area contributed by atoms with Crippen molar-refractivity contribution in [3.8, 4) is 17.2 Å². The fourth-order valence-corrected chi connectivity index (χ4v) is 3.77. The van der Waals surface area contributed by atoms with Gasteiger partial charge in [-0.15, -0.1) is 0 Å². The monoisotopic (exact) mass is 462 g/mol. The first-order valence-electron chi connectivity index (χ1n) is 11.2. The van der Waals surface area contributed by atoms with Gasteiger partial charge in [0.25, 0.3) is 0 Å². The molecular weight excluding hydrogens is 435 g/mol. The molecule has 0 aliphatic carbocycles. The minimum absolute atomic E-state index is 0.0179. The molecule has 0 N–H and O–H groups in total. The summed E-state index contributed by atoms with van der Waals surface area (Å²) in [5.74, 6) is 0.582. The molecule has 1 unspecified atom stereocenters. The predicted octanol–water partition coefficient (Wildman–Crippen LogP) is 5.24. The number of carbonyl (C=O) groups excluding carboxylic acids is 1. The third-order valence-electron chi connectivity index (χ3n) is 5.50. The van der Waals surface area contributed by atoms with Crippen molar-refractivity contribution < 1.29 is 23.4 Å². The van der Waals surface area contributed by atoms with Gasteiger partial charge in [0.15, 0.2) is 11.6 Å². The van der Waals surface area contributed by atoms with Crippen LogP contribution in [0.3, 0.4) is 0 Å².